The molecule has 10 heteroatoms. The van der Waals surface area contributed by atoms with Crippen LogP contribution < -0.4 is 5.32 Å². The molecule has 2 aliphatic rings. The number of nitrogens with zero attached hydrogens (tertiary/aromatic N) is 4. The average Bonchev–Trinajstić information content (AvgIpc) is 3.38. The van der Waals surface area contributed by atoms with E-state index in [1.165, 1.54) is 17.1 Å². The number of sulfonamides is 1. The highest BCUT2D eigenvalue weighted by molar-refractivity contribution is 7.89. The smallest absolute Gasteiger partial charge is 0.245 e. The van der Waals surface area contributed by atoms with E-state index < -0.39 is 10.0 Å². The lowest BCUT2D eigenvalue weighted by Crippen LogP contribution is -2.49. The van der Waals surface area contributed by atoms with Crippen LogP contribution >= 0.6 is 11.7 Å². The van der Waals surface area contributed by atoms with E-state index >= 15 is 0 Å². The minimum Gasteiger partial charge on any atom is -0.353 e. The Bertz CT molecular complexity index is 932. The topological polar surface area (TPSA) is 95.5 Å². The van der Waals surface area contributed by atoms with Gasteiger partial charge in [0.15, 0.2) is 0 Å². The monoisotopic (exact) mass is 423 g/mol. The fourth-order valence-electron chi connectivity index (χ4n) is 3.95. The summed E-state index contributed by atoms with van der Waals surface area (Å²) < 4.78 is 35.9. The Morgan fingerprint density at radius 1 is 1.14 bits per heavy atom. The van der Waals surface area contributed by atoms with Gasteiger partial charge in [0.1, 0.15) is 15.9 Å². The summed E-state index contributed by atoms with van der Waals surface area (Å²) in [5.41, 5.74) is 1.05. The third-order valence-corrected chi connectivity index (χ3v) is 8.05. The molecule has 4 rings (SSSR count). The van der Waals surface area contributed by atoms with Gasteiger partial charge >= 0.3 is 0 Å². The molecule has 152 valence electrons. The predicted molar refractivity (Wildman–Crippen MR) is 108 cm³/mol. The molecule has 0 spiro atoms. The largest absolute Gasteiger partial charge is 0.353 e. The lowest BCUT2D eigenvalue weighted by molar-refractivity contribution is -0.122. The van der Waals surface area contributed by atoms with Gasteiger partial charge in [-0.05, 0) is 25.0 Å². The van der Waals surface area contributed by atoms with Gasteiger partial charge in [0.2, 0.25) is 15.9 Å². The molecule has 0 atom stereocenters. The molecule has 2 heterocycles. The first-order valence-electron chi connectivity index (χ1n) is 9.77. The number of nitrogens with one attached hydrogen (secondary N) is 1. The van der Waals surface area contributed by atoms with Crippen LogP contribution in [0.2, 0.25) is 0 Å². The summed E-state index contributed by atoms with van der Waals surface area (Å²) in [6, 6.07) is 5.42. The number of fused-ring (bicyclic) bond motifs is 1. The van der Waals surface area contributed by atoms with Gasteiger partial charge in [-0.1, -0.05) is 18.9 Å². The number of hydrogen-bond donors (Lipinski definition) is 1. The van der Waals surface area contributed by atoms with Gasteiger partial charge in [-0.15, -0.1) is 0 Å². The second kappa shape index (κ2) is 8.40. The van der Waals surface area contributed by atoms with Crippen molar-refractivity contribution >= 4 is 38.7 Å². The molecule has 1 N–H and O–H groups in total. The standard InChI is InChI=1S/C18H25N5O3S2/c24-17(19-14-4-1-2-5-14)8-9-22-10-12-23(13-11-22)28(25,26)16-7-3-6-15-18(16)21-27-20-15/h3,6-7,14H,1-2,4-5,8-13H2,(H,19,24). The summed E-state index contributed by atoms with van der Waals surface area (Å²) in [7, 11) is -3.60. The Hall–Kier alpha value is -1.62. The molecule has 0 bridgehead atoms. The number of benzene rings is 1. The lowest BCUT2D eigenvalue weighted by atomic mass is 10.2. The molecule has 1 aromatic carbocycles. The van der Waals surface area contributed by atoms with Gasteiger partial charge in [-0.2, -0.15) is 13.1 Å². The predicted octanol–water partition coefficient (Wildman–Crippen LogP) is 1.45. The quantitative estimate of drug-likeness (QED) is 0.756. The molecule has 1 aliphatic heterocycles. The van der Waals surface area contributed by atoms with E-state index in [1.807, 2.05) is 0 Å². The van der Waals surface area contributed by atoms with Crippen molar-refractivity contribution in [1.29, 1.82) is 0 Å². The number of piperazine rings is 1. The number of aromatic nitrogens is 2. The van der Waals surface area contributed by atoms with Crippen molar-refractivity contribution in [2.75, 3.05) is 32.7 Å². The highest BCUT2D eigenvalue weighted by atomic mass is 32.2. The summed E-state index contributed by atoms with van der Waals surface area (Å²) in [6.45, 7) is 2.75. The maximum absolute atomic E-state index is 13.0. The van der Waals surface area contributed by atoms with Crippen molar-refractivity contribution in [3.8, 4) is 0 Å². The Morgan fingerprint density at radius 2 is 1.89 bits per heavy atom. The minimum atomic E-state index is -3.60. The van der Waals surface area contributed by atoms with Crippen molar-refractivity contribution < 1.29 is 13.2 Å². The second-order valence-electron chi connectivity index (χ2n) is 7.43. The Kier molecular flexibility index (Phi) is 5.91. The third-order valence-electron chi connectivity index (χ3n) is 5.57. The molecule has 1 saturated heterocycles. The first-order valence-corrected chi connectivity index (χ1v) is 11.9. The molecule has 1 saturated carbocycles. The fraction of sp³-hybridized carbons (Fsp3) is 0.611. The summed E-state index contributed by atoms with van der Waals surface area (Å²) >= 11 is 1.02. The normalized spacial score (nSPS) is 20.0. The van der Waals surface area contributed by atoms with Crippen LogP contribution in [0.25, 0.3) is 11.0 Å². The van der Waals surface area contributed by atoms with E-state index in [4.69, 9.17) is 0 Å². The fourth-order valence-corrected chi connectivity index (χ4v) is 6.13. The van der Waals surface area contributed by atoms with Gasteiger partial charge in [-0.25, -0.2) is 8.42 Å². The summed E-state index contributed by atoms with van der Waals surface area (Å²) in [6.07, 6.45) is 5.04. The number of amides is 1. The first kappa shape index (κ1) is 19.7. The molecule has 0 unspecified atom stereocenters. The van der Waals surface area contributed by atoms with Crippen LogP contribution in [0.1, 0.15) is 32.1 Å². The Balaban J connectivity index is 1.31. The van der Waals surface area contributed by atoms with Crippen LogP contribution in [-0.4, -0.2) is 71.0 Å². The zero-order chi connectivity index (χ0) is 19.6. The van der Waals surface area contributed by atoms with E-state index in [0.29, 0.717) is 56.2 Å². The molecular weight excluding hydrogens is 398 g/mol. The van der Waals surface area contributed by atoms with Crippen molar-refractivity contribution in [3.05, 3.63) is 18.2 Å². The molecule has 0 radical (unpaired) electrons. The van der Waals surface area contributed by atoms with Crippen LogP contribution in [-0.2, 0) is 14.8 Å². The van der Waals surface area contributed by atoms with Crippen molar-refractivity contribution in [2.24, 2.45) is 0 Å². The zero-order valence-corrected chi connectivity index (χ0v) is 17.3. The molecule has 1 amide bonds. The van der Waals surface area contributed by atoms with Gasteiger partial charge in [0, 0.05) is 45.2 Å². The van der Waals surface area contributed by atoms with Crippen LogP contribution in [0, 0.1) is 0 Å². The number of carbonyl (C=O) groups excluding carboxylic acids is 1. The van der Waals surface area contributed by atoms with E-state index in [2.05, 4.69) is 19.0 Å². The van der Waals surface area contributed by atoms with Gasteiger partial charge in [-0.3, -0.25) is 4.79 Å². The van der Waals surface area contributed by atoms with Crippen LogP contribution in [0.4, 0.5) is 0 Å². The highest BCUT2D eigenvalue weighted by Crippen LogP contribution is 2.25. The third kappa shape index (κ3) is 4.19. The van der Waals surface area contributed by atoms with Crippen LogP contribution in [0.3, 0.4) is 0 Å². The average molecular weight is 424 g/mol. The van der Waals surface area contributed by atoms with Crippen molar-refractivity contribution in [3.63, 3.8) is 0 Å². The Morgan fingerprint density at radius 3 is 2.64 bits per heavy atom. The zero-order valence-electron chi connectivity index (χ0n) is 15.7. The summed E-state index contributed by atoms with van der Waals surface area (Å²) in [4.78, 5) is 14.5. The molecular formula is C18H25N5O3S2. The van der Waals surface area contributed by atoms with Gasteiger partial charge < -0.3 is 10.2 Å². The van der Waals surface area contributed by atoms with E-state index in [-0.39, 0.29) is 10.8 Å². The molecule has 1 aromatic heterocycles. The number of rotatable bonds is 6. The lowest BCUT2D eigenvalue weighted by Gasteiger charge is -2.33. The summed E-state index contributed by atoms with van der Waals surface area (Å²) in [5.74, 6) is 0.102. The van der Waals surface area contributed by atoms with Crippen LogP contribution in [0.5, 0.6) is 0 Å². The maximum Gasteiger partial charge on any atom is 0.245 e. The first-order chi connectivity index (χ1) is 13.5. The van der Waals surface area contributed by atoms with Gasteiger partial charge in [0.05, 0.1) is 11.7 Å². The van der Waals surface area contributed by atoms with Crippen LogP contribution in [0.15, 0.2) is 23.1 Å². The SMILES string of the molecule is O=C(CCN1CCN(S(=O)(=O)c2cccc3nsnc23)CC1)NC1CCCC1. The van der Waals surface area contributed by atoms with E-state index in [9.17, 15) is 13.2 Å². The van der Waals surface area contributed by atoms with Crippen molar-refractivity contribution in [2.45, 2.75) is 43.0 Å². The molecule has 1 aliphatic carbocycles. The number of carbonyl (C=O) groups is 1. The van der Waals surface area contributed by atoms with Crippen molar-refractivity contribution in [1.82, 2.24) is 23.3 Å². The summed E-state index contributed by atoms with van der Waals surface area (Å²) in [5, 5.41) is 3.10. The second-order valence-corrected chi connectivity index (χ2v) is 9.87. The van der Waals surface area contributed by atoms with Gasteiger partial charge in [0.25, 0.3) is 0 Å². The minimum absolute atomic E-state index is 0.102. The molecule has 2 fully saturated rings. The number of hydrogen-bond acceptors (Lipinski definition) is 7. The molecule has 8 nitrogen and oxygen atoms in total. The van der Waals surface area contributed by atoms with E-state index in [0.717, 1.165) is 24.6 Å². The maximum atomic E-state index is 13.0. The molecule has 2 aromatic rings. The molecule has 28 heavy (non-hydrogen) atoms. The highest BCUT2D eigenvalue weighted by Gasteiger charge is 2.30. The Labute approximate surface area is 169 Å². The van der Waals surface area contributed by atoms with E-state index in [1.54, 1.807) is 18.2 Å².